The number of aromatic nitrogens is 1. The van der Waals surface area contributed by atoms with Gasteiger partial charge in [0.1, 0.15) is 11.5 Å². The van der Waals surface area contributed by atoms with Crippen LogP contribution in [0, 0.1) is 0 Å². The summed E-state index contributed by atoms with van der Waals surface area (Å²) in [5.41, 5.74) is 3.98. The number of alkyl halides is 3. The van der Waals surface area contributed by atoms with Crippen LogP contribution >= 0.6 is 27.3 Å². The van der Waals surface area contributed by atoms with Gasteiger partial charge in [0.2, 0.25) is 0 Å². The first-order valence-electron chi connectivity index (χ1n) is 5.62. The zero-order valence-electron chi connectivity index (χ0n) is 10.4. The topological polar surface area (TPSA) is 68.0 Å². The number of carbonyl (C=O) groups is 1. The quantitative estimate of drug-likeness (QED) is 0.851. The van der Waals surface area contributed by atoms with E-state index >= 15 is 0 Å². The van der Waals surface area contributed by atoms with Crippen LogP contribution in [0.3, 0.4) is 0 Å². The Labute approximate surface area is 130 Å². The molecule has 21 heavy (non-hydrogen) atoms. The van der Waals surface area contributed by atoms with Gasteiger partial charge < -0.3 is 11.1 Å². The summed E-state index contributed by atoms with van der Waals surface area (Å²) in [5, 5.41) is 4.55. The molecule has 0 aliphatic carbocycles. The molecule has 1 amide bonds. The molecule has 0 unspecified atom stereocenters. The number of primary amides is 1. The van der Waals surface area contributed by atoms with E-state index in [-0.39, 0.29) is 17.9 Å². The van der Waals surface area contributed by atoms with Crippen molar-refractivity contribution < 1.29 is 18.0 Å². The molecular formula is C12H9BrF3N3OS. The predicted molar refractivity (Wildman–Crippen MR) is 77.1 cm³/mol. The lowest BCUT2D eigenvalue weighted by molar-refractivity contribution is -0.141. The number of hydrogen-bond donors (Lipinski definition) is 2. The van der Waals surface area contributed by atoms with E-state index in [1.807, 2.05) is 11.4 Å². The minimum atomic E-state index is -4.58. The standard InChI is InChI=1S/C12H9BrF3N3OS/c13-6-3-7(21-5-6)4-18-11-8(10(17)20)1-2-9(19-11)12(14,15)16/h1-3,5H,4H2,(H2,17,20)(H,18,19). The van der Waals surface area contributed by atoms with Crippen LogP contribution in [-0.2, 0) is 12.7 Å². The number of nitrogens with zero attached hydrogens (tertiary/aromatic N) is 1. The Kier molecular flexibility index (Phi) is 4.52. The number of nitrogens with two attached hydrogens (primary N) is 1. The van der Waals surface area contributed by atoms with Crippen LogP contribution in [0.1, 0.15) is 20.9 Å². The summed E-state index contributed by atoms with van der Waals surface area (Å²) in [6.45, 7) is 0.241. The lowest BCUT2D eigenvalue weighted by Crippen LogP contribution is -2.18. The summed E-state index contributed by atoms with van der Waals surface area (Å²) in [6.07, 6.45) is -4.58. The van der Waals surface area contributed by atoms with Crippen LogP contribution in [0.25, 0.3) is 0 Å². The largest absolute Gasteiger partial charge is 0.433 e. The zero-order chi connectivity index (χ0) is 15.6. The highest BCUT2D eigenvalue weighted by molar-refractivity contribution is 9.10. The molecule has 0 radical (unpaired) electrons. The number of amides is 1. The third-order valence-corrected chi connectivity index (χ3v) is 4.20. The van der Waals surface area contributed by atoms with Crippen LogP contribution in [-0.4, -0.2) is 10.9 Å². The predicted octanol–water partition coefficient (Wildman–Crippen LogP) is 3.64. The van der Waals surface area contributed by atoms with Gasteiger partial charge >= 0.3 is 6.18 Å². The van der Waals surface area contributed by atoms with Crippen LogP contribution in [0.5, 0.6) is 0 Å². The van der Waals surface area contributed by atoms with Crippen molar-refractivity contribution in [3.8, 4) is 0 Å². The van der Waals surface area contributed by atoms with Crippen molar-refractivity contribution in [2.75, 3.05) is 5.32 Å². The van der Waals surface area contributed by atoms with Crippen molar-refractivity contribution in [1.29, 1.82) is 0 Å². The van der Waals surface area contributed by atoms with E-state index in [1.54, 1.807) is 0 Å². The van der Waals surface area contributed by atoms with Crippen molar-refractivity contribution in [1.82, 2.24) is 4.98 Å². The number of anilines is 1. The molecule has 2 aromatic heterocycles. The highest BCUT2D eigenvalue weighted by Crippen LogP contribution is 2.30. The van der Waals surface area contributed by atoms with Gasteiger partial charge in [-0.2, -0.15) is 13.2 Å². The number of hydrogen-bond acceptors (Lipinski definition) is 4. The van der Waals surface area contributed by atoms with Crippen molar-refractivity contribution in [3.05, 3.63) is 44.2 Å². The molecule has 0 atom stereocenters. The molecule has 0 bridgehead atoms. The number of rotatable bonds is 4. The van der Waals surface area contributed by atoms with Gasteiger partial charge in [0.05, 0.1) is 12.1 Å². The second-order valence-electron chi connectivity index (χ2n) is 4.04. The summed E-state index contributed by atoms with van der Waals surface area (Å²) in [7, 11) is 0. The molecule has 2 rings (SSSR count). The summed E-state index contributed by atoms with van der Waals surface area (Å²) >= 11 is 4.70. The smallest absolute Gasteiger partial charge is 0.365 e. The number of nitrogens with one attached hydrogen (secondary N) is 1. The van der Waals surface area contributed by atoms with Gasteiger partial charge in [0.15, 0.2) is 0 Å². The van der Waals surface area contributed by atoms with Crippen molar-refractivity contribution in [3.63, 3.8) is 0 Å². The molecule has 0 saturated carbocycles. The summed E-state index contributed by atoms with van der Waals surface area (Å²) in [6, 6.07) is 3.56. The van der Waals surface area contributed by atoms with Gasteiger partial charge in [-0.15, -0.1) is 11.3 Å². The fourth-order valence-corrected chi connectivity index (χ4v) is 2.96. The normalized spacial score (nSPS) is 11.4. The Hall–Kier alpha value is -1.61. The van der Waals surface area contributed by atoms with Crippen molar-refractivity contribution in [2.45, 2.75) is 12.7 Å². The van der Waals surface area contributed by atoms with Gasteiger partial charge in [-0.05, 0) is 34.1 Å². The summed E-state index contributed by atoms with van der Waals surface area (Å²) in [5.74, 6) is -1.02. The molecule has 0 spiro atoms. The van der Waals surface area contributed by atoms with E-state index in [0.29, 0.717) is 0 Å². The number of pyridine rings is 1. The maximum Gasteiger partial charge on any atom is 0.433 e. The third-order valence-electron chi connectivity index (χ3n) is 2.50. The SMILES string of the molecule is NC(=O)c1ccc(C(F)(F)F)nc1NCc1cc(Br)cs1. The Morgan fingerprint density at radius 2 is 2.14 bits per heavy atom. The molecule has 0 fully saturated rings. The van der Waals surface area contributed by atoms with Crippen LogP contribution in [0.2, 0.25) is 0 Å². The molecule has 0 aliphatic rings. The Morgan fingerprint density at radius 1 is 1.43 bits per heavy atom. The van der Waals surface area contributed by atoms with E-state index in [1.165, 1.54) is 11.3 Å². The third kappa shape index (κ3) is 3.94. The first kappa shape index (κ1) is 15.8. The van der Waals surface area contributed by atoms with Gasteiger partial charge in [-0.3, -0.25) is 4.79 Å². The molecule has 9 heteroatoms. The van der Waals surface area contributed by atoms with Gasteiger partial charge in [0, 0.05) is 14.7 Å². The Bertz CT molecular complexity index is 672. The number of halogens is 4. The molecule has 3 N–H and O–H groups in total. The van der Waals surface area contributed by atoms with E-state index in [2.05, 4.69) is 26.2 Å². The number of thiophene rings is 1. The molecule has 0 aliphatic heterocycles. The molecule has 0 aromatic carbocycles. The van der Waals surface area contributed by atoms with Gasteiger partial charge in [0.25, 0.3) is 5.91 Å². The zero-order valence-corrected chi connectivity index (χ0v) is 12.8. The fraction of sp³-hybridized carbons (Fsp3) is 0.167. The fourth-order valence-electron chi connectivity index (χ4n) is 1.57. The van der Waals surface area contributed by atoms with E-state index in [4.69, 9.17) is 5.73 Å². The Balaban J connectivity index is 2.28. The molecular weight excluding hydrogens is 371 g/mol. The molecule has 112 valence electrons. The summed E-state index contributed by atoms with van der Waals surface area (Å²) in [4.78, 5) is 15.6. The number of carbonyl (C=O) groups excluding carboxylic acids is 1. The van der Waals surface area contributed by atoms with Crippen LogP contribution in [0.15, 0.2) is 28.1 Å². The molecule has 0 saturated heterocycles. The first-order valence-corrected chi connectivity index (χ1v) is 7.29. The van der Waals surface area contributed by atoms with E-state index < -0.39 is 17.8 Å². The second kappa shape index (κ2) is 6.02. The second-order valence-corrected chi connectivity index (χ2v) is 5.95. The minimum Gasteiger partial charge on any atom is -0.365 e. The minimum absolute atomic E-state index is 0.0846. The average Bonchev–Trinajstić information content (AvgIpc) is 2.80. The molecule has 2 heterocycles. The van der Waals surface area contributed by atoms with Crippen LogP contribution < -0.4 is 11.1 Å². The van der Waals surface area contributed by atoms with Crippen molar-refractivity contribution in [2.24, 2.45) is 5.73 Å². The lowest BCUT2D eigenvalue weighted by Gasteiger charge is -2.12. The maximum atomic E-state index is 12.7. The molecule has 4 nitrogen and oxygen atoms in total. The van der Waals surface area contributed by atoms with Crippen LogP contribution in [0.4, 0.5) is 19.0 Å². The van der Waals surface area contributed by atoms with Gasteiger partial charge in [-0.1, -0.05) is 0 Å². The highest BCUT2D eigenvalue weighted by Gasteiger charge is 2.33. The maximum absolute atomic E-state index is 12.7. The lowest BCUT2D eigenvalue weighted by atomic mass is 10.2. The molecule has 2 aromatic rings. The summed E-state index contributed by atoms with van der Waals surface area (Å²) < 4.78 is 38.8. The van der Waals surface area contributed by atoms with E-state index in [9.17, 15) is 18.0 Å². The van der Waals surface area contributed by atoms with Gasteiger partial charge in [-0.25, -0.2) is 4.98 Å². The monoisotopic (exact) mass is 379 g/mol. The van der Waals surface area contributed by atoms with Crippen molar-refractivity contribution >= 4 is 39.0 Å². The van der Waals surface area contributed by atoms with E-state index in [0.717, 1.165) is 21.5 Å². The average molecular weight is 380 g/mol. The Morgan fingerprint density at radius 3 is 2.67 bits per heavy atom. The first-order chi connectivity index (χ1) is 9.77. The highest BCUT2D eigenvalue weighted by atomic mass is 79.9.